The van der Waals surface area contributed by atoms with Crippen molar-refractivity contribution in [2.45, 2.75) is 56.2 Å². The molecule has 5 atom stereocenters. The molecule has 8 heteroatoms. The summed E-state index contributed by atoms with van der Waals surface area (Å²) in [4.78, 5) is 0. The van der Waals surface area contributed by atoms with Gasteiger partial charge in [-0.25, -0.2) is 0 Å². The molecule has 0 saturated carbocycles. The molecule has 3 heterocycles. The molecule has 1 fully saturated rings. The average Bonchev–Trinajstić information content (AvgIpc) is 3.30. The second-order valence-corrected chi connectivity index (χ2v) is 9.17. The second kappa shape index (κ2) is 8.82. The molecule has 0 amide bonds. The Labute approximate surface area is 191 Å². The number of aliphatic hydroxyl groups excluding tert-OH is 4. The smallest absolute Gasteiger partial charge is 0.141 e. The summed E-state index contributed by atoms with van der Waals surface area (Å²) >= 11 is 6.73. The Kier molecular flexibility index (Phi) is 6.05. The molecule has 5 N–H and O–H groups in total. The number of hydrogen-bond acceptors (Lipinski definition) is 7. The minimum Gasteiger partial charge on any atom is -0.491 e. The van der Waals surface area contributed by atoms with Crippen LogP contribution in [-0.4, -0.2) is 64.6 Å². The maximum absolute atomic E-state index is 10.7. The van der Waals surface area contributed by atoms with Gasteiger partial charge in [-0.15, -0.1) is 0 Å². The number of hydrogen-bond donors (Lipinski definition) is 5. The van der Waals surface area contributed by atoms with Crippen LogP contribution in [0, 0.1) is 0 Å². The molecule has 3 aliphatic heterocycles. The molecule has 0 bridgehead atoms. The van der Waals surface area contributed by atoms with Gasteiger partial charge in [-0.3, -0.25) is 0 Å². The Balaban J connectivity index is 1.52. The highest BCUT2D eigenvalue weighted by molar-refractivity contribution is 6.33. The van der Waals surface area contributed by atoms with Crippen LogP contribution >= 0.6 is 11.6 Å². The molecular formula is C24H28ClNO6. The standard InChI is InChI=1S/C24H28ClNO6/c25-19-14(8-12-3-4-13-2-1-6-26-17(13)9-12)10-16(15-5-7-31-23(15)19)24-22(30)21(29)20(28)18(11-27)32-24/h3-4,9-10,18,20-22,24,26-30H,1-2,5-8,11H2/t18-,20-,21+,22-,24+/m1/s1. The Bertz CT molecular complexity index is 1010. The quantitative estimate of drug-likeness (QED) is 0.471. The van der Waals surface area contributed by atoms with E-state index >= 15 is 0 Å². The Morgan fingerprint density at radius 2 is 1.91 bits per heavy atom. The zero-order valence-corrected chi connectivity index (χ0v) is 18.4. The number of aryl methyl sites for hydroxylation is 1. The molecule has 2 aromatic rings. The highest BCUT2D eigenvalue weighted by Crippen LogP contribution is 2.44. The summed E-state index contributed by atoms with van der Waals surface area (Å²) in [6.45, 7) is 0.958. The number of anilines is 1. The molecule has 32 heavy (non-hydrogen) atoms. The summed E-state index contributed by atoms with van der Waals surface area (Å²) in [7, 11) is 0. The predicted octanol–water partition coefficient (Wildman–Crippen LogP) is 1.74. The van der Waals surface area contributed by atoms with Crippen LogP contribution in [0.15, 0.2) is 24.3 Å². The fourth-order valence-electron chi connectivity index (χ4n) is 4.99. The van der Waals surface area contributed by atoms with Crippen molar-refractivity contribution in [1.29, 1.82) is 0 Å². The number of halogens is 1. The van der Waals surface area contributed by atoms with Gasteiger partial charge < -0.3 is 35.2 Å². The van der Waals surface area contributed by atoms with Gasteiger partial charge in [-0.1, -0.05) is 29.8 Å². The van der Waals surface area contributed by atoms with Crippen LogP contribution in [0.2, 0.25) is 5.02 Å². The van der Waals surface area contributed by atoms with Crippen molar-refractivity contribution in [3.8, 4) is 5.75 Å². The molecule has 0 aliphatic carbocycles. The number of aliphatic hydroxyl groups is 4. The molecule has 7 nitrogen and oxygen atoms in total. The first-order valence-corrected chi connectivity index (χ1v) is 11.5. The van der Waals surface area contributed by atoms with Gasteiger partial charge in [0.05, 0.1) is 18.2 Å². The number of fused-ring (bicyclic) bond motifs is 2. The molecule has 0 aromatic heterocycles. The maximum atomic E-state index is 10.7. The molecule has 0 radical (unpaired) electrons. The molecule has 2 aromatic carbocycles. The van der Waals surface area contributed by atoms with Crippen molar-refractivity contribution in [3.05, 3.63) is 57.1 Å². The summed E-state index contributed by atoms with van der Waals surface area (Å²) in [5.41, 5.74) is 5.88. The Morgan fingerprint density at radius 1 is 1.06 bits per heavy atom. The van der Waals surface area contributed by atoms with E-state index in [1.165, 1.54) is 5.56 Å². The van der Waals surface area contributed by atoms with Crippen LogP contribution in [0.5, 0.6) is 5.75 Å². The second-order valence-electron chi connectivity index (χ2n) is 8.79. The number of rotatable bonds is 4. The van der Waals surface area contributed by atoms with Gasteiger partial charge in [0.25, 0.3) is 0 Å². The lowest BCUT2D eigenvalue weighted by atomic mass is 9.87. The van der Waals surface area contributed by atoms with Crippen LogP contribution in [0.3, 0.4) is 0 Å². The first-order valence-electron chi connectivity index (χ1n) is 11.1. The topological polar surface area (TPSA) is 111 Å². The van der Waals surface area contributed by atoms with Gasteiger partial charge in [0, 0.05) is 24.2 Å². The van der Waals surface area contributed by atoms with E-state index < -0.39 is 37.1 Å². The molecule has 0 unspecified atom stereocenters. The van der Waals surface area contributed by atoms with Crippen LogP contribution in [0.4, 0.5) is 5.69 Å². The summed E-state index contributed by atoms with van der Waals surface area (Å²) in [5, 5.41) is 44.7. The highest BCUT2D eigenvalue weighted by Gasteiger charge is 2.45. The lowest BCUT2D eigenvalue weighted by Crippen LogP contribution is -2.55. The lowest BCUT2D eigenvalue weighted by molar-refractivity contribution is -0.231. The number of nitrogens with one attached hydrogen (secondary N) is 1. The zero-order valence-electron chi connectivity index (χ0n) is 17.6. The monoisotopic (exact) mass is 461 g/mol. The van der Waals surface area contributed by atoms with Crippen molar-refractivity contribution in [2.24, 2.45) is 0 Å². The van der Waals surface area contributed by atoms with Crippen LogP contribution < -0.4 is 10.1 Å². The average molecular weight is 462 g/mol. The van der Waals surface area contributed by atoms with E-state index in [0.29, 0.717) is 35.8 Å². The van der Waals surface area contributed by atoms with Crippen molar-refractivity contribution < 1.29 is 29.9 Å². The van der Waals surface area contributed by atoms with E-state index in [4.69, 9.17) is 21.1 Å². The van der Waals surface area contributed by atoms with Crippen LogP contribution in [0.25, 0.3) is 0 Å². The third-order valence-corrected chi connectivity index (χ3v) is 7.15. The van der Waals surface area contributed by atoms with Gasteiger partial charge in [-0.2, -0.15) is 0 Å². The largest absolute Gasteiger partial charge is 0.491 e. The van der Waals surface area contributed by atoms with E-state index in [0.717, 1.165) is 41.8 Å². The van der Waals surface area contributed by atoms with E-state index in [-0.39, 0.29) is 0 Å². The van der Waals surface area contributed by atoms with Crippen molar-refractivity contribution in [1.82, 2.24) is 0 Å². The summed E-state index contributed by atoms with van der Waals surface area (Å²) in [5.74, 6) is 0.576. The first kappa shape index (κ1) is 21.9. The molecule has 3 aliphatic rings. The summed E-state index contributed by atoms with van der Waals surface area (Å²) in [6.07, 6.45) is -2.71. The fourth-order valence-corrected chi connectivity index (χ4v) is 5.28. The molecule has 1 saturated heterocycles. The molecule has 0 spiro atoms. The number of benzene rings is 2. The third-order valence-electron chi connectivity index (χ3n) is 6.74. The highest BCUT2D eigenvalue weighted by atomic mass is 35.5. The summed E-state index contributed by atoms with van der Waals surface area (Å²) in [6, 6.07) is 8.29. The van der Waals surface area contributed by atoms with E-state index in [1.807, 2.05) is 6.07 Å². The lowest BCUT2D eigenvalue weighted by Gasteiger charge is -2.40. The van der Waals surface area contributed by atoms with Gasteiger partial charge in [0.2, 0.25) is 0 Å². The van der Waals surface area contributed by atoms with Crippen LogP contribution in [0.1, 0.15) is 40.3 Å². The fraction of sp³-hybridized carbons (Fsp3) is 0.500. The van der Waals surface area contributed by atoms with Crippen molar-refractivity contribution in [2.75, 3.05) is 25.1 Å². The van der Waals surface area contributed by atoms with Gasteiger partial charge in [-0.05, 0) is 47.6 Å². The number of ether oxygens (including phenoxy) is 2. The molecule has 5 rings (SSSR count). The van der Waals surface area contributed by atoms with E-state index in [2.05, 4.69) is 23.5 Å². The zero-order chi connectivity index (χ0) is 22.4. The third kappa shape index (κ3) is 3.77. The van der Waals surface area contributed by atoms with E-state index in [1.54, 1.807) is 0 Å². The van der Waals surface area contributed by atoms with Crippen molar-refractivity contribution in [3.63, 3.8) is 0 Å². The molecular weight excluding hydrogens is 434 g/mol. The normalized spacial score (nSPS) is 29.1. The first-order chi connectivity index (χ1) is 15.5. The minimum atomic E-state index is -1.44. The van der Waals surface area contributed by atoms with Gasteiger partial charge in [0.1, 0.15) is 36.3 Å². The van der Waals surface area contributed by atoms with Gasteiger partial charge >= 0.3 is 0 Å². The SMILES string of the molecule is OC[C@H]1O[C@@H](c2cc(Cc3ccc4c(c3)NCCC4)c(Cl)c3c2CCO3)[C@H](O)[C@@H](O)[C@@H]1O. The van der Waals surface area contributed by atoms with E-state index in [9.17, 15) is 20.4 Å². The van der Waals surface area contributed by atoms with Crippen molar-refractivity contribution >= 4 is 17.3 Å². The molecule has 172 valence electrons. The Hall–Kier alpha value is -1.87. The van der Waals surface area contributed by atoms with Gasteiger partial charge in [0.15, 0.2) is 0 Å². The Morgan fingerprint density at radius 3 is 2.72 bits per heavy atom. The maximum Gasteiger partial charge on any atom is 0.141 e. The van der Waals surface area contributed by atoms with Crippen LogP contribution in [-0.2, 0) is 24.0 Å². The predicted molar refractivity (Wildman–Crippen MR) is 119 cm³/mol. The minimum absolute atomic E-state index is 0.464. The summed E-state index contributed by atoms with van der Waals surface area (Å²) < 4.78 is 11.7.